The summed E-state index contributed by atoms with van der Waals surface area (Å²) < 4.78 is 77.0. The molecule has 8 heteroatoms. The van der Waals surface area contributed by atoms with Gasteiger partial charge in [-0.25, -0.2) is 9.18 Å². The maximum atomic E-state index is 12.8. The smallest absolute Gasteiger partial charge is 0.425 e. The second kappa shape index (κ2) is 4.75. The van der Waals surface area contributed by atoms with Crippen molar-refractivity contribution in [3.05, 3.63) is 12.7 Å². The highest BCUT2D eigenvalue weighted by molar-refractivity contribution is 5.81. The number of hydrogen-bond acceptors (Lipinski definition) is 2. The van der Waals surface area contributed by atoms with Crippen LogP contribution in [0.5, 0.6) is 0 Å². The predicted octanol–water partition coefficient (Wildman–Crippen LogP) is 2.64. The lowest BCUT2D eigenvalue weighted by Gasteiger charge is -2.27. The molecule has 2 unspecified atom stereocenters. The highest BCUT2D eigenvalue weighted by Crippen LogP contribution is 2.37. The van der Waals surface area contributed by atoms with Crippen LogP contribution in [0.1, 0.15) is 6.92 Å². The molecule has 0 aromatic carbocycles. The van der Waals surface area contributed by atoms with E-state index >= 15 is 0 Å². The van der Waals surface area contributed by atoms with E-state index in [1.807, 2.05) is 0 Å². The summed E-state index contributed by atoms with van der Waals surface area (Å²) in [5.74, 6) is -6.21. The van der Waals surface area contributed by atoms with E-state index in [4.69, 9.17) is 0 Å². The van der Waals surface area contributed by atoms with Crippen molar-refractivity contribution in [3.8, 4) is 0 Å². The number of halogens is 6. The number of carbonyl (C=O) groups is 1. The van der Waals surface area contributed by atoms with Crippen LogP contribution in [0.3, 0.4) is 0 Å². The molecule has 0 heterocycles. The Morgan fingerprint density at radius 3 is 2.06 bits per heavy atom. The SMILES string of the molecule is C=CC(=O)OC(C)C(F)(F)C(F)C(F)(F)F. The summed E-state index contributed by atoms with van der Waals surface area (Å²) in [7, 11) is 0. The second-order valence-electron chi connectivity index (χ2n) is 2.86. The van der Waals surface area contributed by atoms with Crippen molar-refractivity contribution in [1.82, 2.24) is 0 Å². The molecule has 0 aliphatic rings. The third-order valence-corrected chi connectivity index (χ3v) is 1.63. The van der Waals surface area contributed by atoms with Gasteiger partial charge in [-0.3, -0.25) is 0 Å². The zero-order chi connectivity index (χ0) is 13.1. The van der Waals surface area contributed by atoms with Gasteiger partial charge in [0.1, 0.15) is 0 Å². The number of esters is 1. The predicted molar refractivity (Wildman–Crippen MR) is 41.6 cm³/mol. The zero-order valence-corrected chi connectivity index (χ0v) is 8.02. The van der Waals surface area contributed by atoms with Crippen LogP contribution in [0.4, 0.5) is 26.3 Å². The molecule has 0 fully saturated rings. The van der Waals surface area contributed by atoms with Crippen molar-refractivity contribution in [2.24, 2.45) is 0 Å². The maximum absolute atomic E-state index is 12.8. The third-order valence-electron chi connectivity index (χ3n) is 1.63. The fourth-order valence-electron chi connectivity index (χ4n) is 0.725. The number of alkyl halides is 6. The second-order valence-corrected chi connectivity index (χ2v) is 2.86. The average molecular weight is 250 g/mol. The summed E-state index contributed by atoms with van der Waals surface area (Å²) in [6, 6.07) is 0. The first kappa shape index (κ1) is 14.8. The molecule has 2 nitrogen and oxygen atoms in total. The van der Waals surface area contributed by atoms with E-state index in [1.54, 1.807) is 0 Å². The molecule has 0 aromatic rings. The van der Waals surface area contributed by atoms with Gasteiger partial charge in [-0.05, 0) is 6.92 Å². The monoisotopic (exact) mass is 250 g/mol. The van der Waals surface area contributed by atoms with Crippen molar-refractivity contribution in [1.29, 1.82) is 0 Å². The Labute approximate surface area is 86.9 Å². The largest absolute Gasteiger partial charge is 0.453 e. The Morgan fingerprint density at radius 1 is 1.31 bits per heavy atom. The quantitative estimate of drug-likeness (QED) is 0.435. The Bertz CT molecular complexity index is 272. The highest BCUT2D eigenvalue weighted by Gasteiger charge is 2.60. The van der Waals surface area contributed by atoms with Crippen LogP contribution in [-0.2, 0) is 9.53 Å². The summed E-state index contributed by atoms with van der Waals surface area (Å²) in [6.45, 7) is 3.31. The van der Waals surface area contributed by atoms with E-state index < -0.39 is 30.3 Å². The van der Waals surface area contributed by atoms with Gasteiger partial charge in [0.2, 0.25) is 0 Å². The van der Waals surface area contributed by atoms with Crippen LogP contribution in [0, 0.1) is 0 Å². The van der Waals surface area contributed by atoms with E-state index in [-0.39, 0.29) is 0 Å². The van der Waals surface area contributed by atoms with Crippen LogP contribution in [-0.4, -0.2) is 30.3 Å². The van der Waals surface area contributed by atoms with Crippen LogP contribution < -0.4 is 0 Å². The number of rotatable bonds is 4. The number of hydrogen-bond donors (Lipinski definition) is 0. The molecule has 0 rings (SSSR count). The van der Waals surface area contributed by atoms with Gasteiger partial charge >= 0.3 is 18.1 Å². The minimum atomic E-state index is -5.72. The van der Waals surface area contributed by atoms with E-state index in [9.17, 15) is 31.1 Å². The van der Waals surface area contributed by atoms with Gasteiger partial charge in [0, 0.05) is 6.08 Å². The minimum Gasteiger partial charge on any atom is -0.453 e. The van der Waals surface area contributed by atoms with Gasteiger partial charge in [0.15, 0.2) is 6.10 Å². The first-order valence-electron chi connectivity index (χ1n) is 3.95. The standard InChI is InChI=1S/C8H8F6O2/c1-3-5(15)16-4(2)7(10,11)6(9)8(12,13)14/h3-4,6H,1H2,2H3. The maximum Gasteiger partial charge on any atom is 0.425 e. The molecular weight excluding hydrogens is 242 g/mol. The van der Waals surface area contributed by atoms with E-state index in [0.29, 0.717) is 13.0 Å². The Hall–Kier alpha value is -1.21. The molecule has 94 valence electrons. The van der Waals surface area contributed by atoms with E-state index in [2.05, 4.69) is 11.3 Å². The summed E-state index contributed by atoms with van der Waals surface area (Å²) in [5.41, 5.74) is 0. The van der Waals surface area contributed by atoms with Crippen molar-refractivity contribution < 1.29 is 35.9 Å². The lowest BCUT2D eigenvalue weighted by molar-refractivity contribution is -0.267. The molecule has 0 radical (unpaired) electrons. The molecule has 0 saturated carbocycles. The lowest BCUT2D eigenvalue weighted by Crippen LogP contribution is -2.49. The molecule has 0 amide bonds. The first-order valence-corrected chi connectivity index (χ1v) is 3.95. The molecule has 0 aliphatic heterocycles. The van der Waals surface area contributed by atoms with Gasteiger partial charge in [-0.1, -0.05) is 6.58 Å². The third kappa shape index (κ3) is 3.42. The fraction of sp³-hybridized carbons (Fsp3) is 0.625. The Balaban J connectivity index is 4.77. The molecule has 0 spiro atoms. The minimum absolute atomic E-state index is 0.458. The molecule has 0 aromatic heterocycles. The first-order chi connectivity index (χ1) is 7.03. The van der Waals surface area contributed by atoms with E-state index in [1.165, 1.54) is 0 Å². The highest BCUT2D eigenvalue weighted by atomic mass is 19.4. The molecule has 2 atom stereocenters. The zero-order valence-electron chi connectivity index (χ0n) is 8.02. The van der Waals surface area contributed by atoms with E-state index in [0.717, 1.165) is 0 Å². The van der Waals surface area contributed by atoms with Crippen LogP contribution in [0.2, 0.25) is 0 Å². The Kier molecular flexibility index (Phi) is 4.39. The van der Waals surface area contributed by atoms with Crippen LogP contribution in [0.15, 0.2) is 12.7 Å². The number of ether oxygens (including phenoxy) is 1. The molecular formula is C8H8F6O2. The molecule has 0 aliphatic carbocycles. The van der Waals surface area contributed by atoms with Gasteiger partial charge in [-0.15, -0.1) is 0 Å². The van der Waals surface area contributed by atoms with Gasteiger partial charge in [-0.2, -0.15) is 22.0 Å². The molecule has 16 heavy (non-hydrogen) atoms. The lowest BCUT2D eigenvalue weighted by atomic mass is 10.1. The van der Waals surface area contributed by atoms with Gasteiger partial charge in [0.25, 0.3) is 6.17 Å². The van der Waals surface area contributed by atoms with Crippen LogP contribution >= 0.6 is 0 Å². The summed E-state index contributed by atoms with van der Waals surface area (Å²) >= 11 is 0. The molecule has 0 N–H and O–H groups in total. The van der Waals surface area contributed by atoms with Crippen LogP contribution in [0.25, 0.3) is 0 Å². The summed E-state index contributed by atoms with van der Waals surface area (Å²) in [6.07, 6.45) is -12.2. The van der Waals surface area contributed by atoms with Crippen molar-refractivity contribution in [2.45, 2.75) is 31.3 Å². The van der Waals surface area contributed by atoms with Crippen molar-refractivity contribution in [3.63, 3.8) is 0 Å². The molecule has 0 saturated heterocycles. The number of carbonyl (C=O) groups excluding carboxylic acids is 1. The normalized spacial score (nSPS) is 16.4. The average Bonchev–Trinajstić information content (AvgIpc) is 2.14. The van der Waals surface area contributed by atoms with Crippen molar-refractivity contribution >= 4 is 5.97 Å². The topological polar surface area (TPSA) is 26.3 Å². The summed E-state index contributed by atoms with van der Waals surface area (Å²) in [5, 5.41) is 0. The van der Waals surface area contributed by atoms with Crippen molar-refractivity contribution in [2.75, 3.05) is 0 Å². The summed E-state index contributed by atoms with van der Waals surface area (Å²) in [4.78, 5) is 10.5. The Morgan fingerprint density at radius 2 is 1.75 bits per heavy atom. The molecule has 0 bridgehead atoms. The fourth-order valence-corrected chi connectivity index (χ4v) is 0.725. The van der Waals surface area contributed by atoms with Gasteiger partial charge in [0.05, 0.1) is 0 Å². The van der Waals surface area contributed by atoms with Gasteiger partial charge < -0.3 is 4.74 Å².